The van der Waals surface area contributed by atoms with Gasteiger partial charge in [-0.15, -0.1) is 0 Å². The first-order valence-corrected chi connectivity index (χ1v) is 9.63. The maximum atomic E-state index is 12.8. The molecule has 4 rings (SSSR count). The summed E-state index contributed by atoms with van der Waals surface area (Å²) in [4.78, 5) is 26.6. The fraction of sp³-hybridized carbons (Fsp3) is 0.368. The molecule has 1 amide bonds. The van der Waals surface area contributed by atoms with Crippen LogP contribution in [0.5, 0.6) is 0 Å². The smallest absolute Gasteiger partial charge is 0.364 e. The molecule has 4 heterocycles. The summed E-state index contributed by atoms with van der Waals surface area (Å²) in [5.41, 5.74) is 6.13. The molecule has 4 N–H and O–H groups in total. The summed E-state index contributed by atoms with van der Waals surface area (Å²) in [6, 6.07) is 2.53. The molecular weight excluding hydrogens is 413 g/mol. The van der Waals surface area contributed by atoms with E-state index in [0.717, 1.165) is 17.8 Å². The van der Waals surface area contributed by atoms with Crippen LogP contribution in [-0.4, -0.2) is 61.6 Å². The number of imidazole rings is 1. The highest BCUT2D eigenvalue weighted by Gasteiger charge is 2.32. The third-order valence-electron chi connectivity index (χ3n) is 5.25. The van der Waals surface area contributed by atoms with Crippen LogP contribution < -0.4 is 10.6 Å². The molecule has 0 aliphatic carbocycles. The molecule has 1 aliphatic heterocycles. The molecule has 1 aliphatic rings. The summed E-state index contributed by atoms with van der Waals surface area (Å²) < 4.78 is 38.3. The molecule has 0 bridgehead atoms. The van der Waals surface area contributed by atoms with Gasteiger partial charge in [0.15, 0.2) is 5.82 Å². The minimum Gasteiger partial charge on any atom is -0.364 e. The second-order valence-corrected chi connectivity index (χ2v) is 7.44. The number of carbonyl (C=O) groups is 1. The van der Waals surface area contributed by atoms with Crippen LogP contribution in [0.15, 0.2) is 30.7 Å². The van der Waals surface area contributed by atoms with Gasteiger partial charge in [0, 0.05) is 56.4 Å². The third kappa shape index (κ3) is 4.38. The summed E-state index contributed by atoms with van der Waals surface area (Å²) >= 11 is 0. The summed E-state index contributed by atoms with van der Waals surface area (Å²) in [5.74, 6) is 0.353. The van der Waals surface area contributed by atoms with Crippen molar-refractivity contribution in [3.8, 4) is 11.5 Å². The Morgan fingerprint density at radius 3 is 2.71 bits per heavy atom. The summed E-state index contributed by atoms with van der Waals surface area (Å²) in [6.45, 7) is 4.62. The zero-order valence-corrected chi connectivity index (χ0v) is 16.6. The Bertz CT molecular complexity index is 1060. The lowest BCUT2D eigenvalue weighted by Gasteiger charge is -2.40. The zero-order valence-electron chi connectivity index (χ0n) is 16.6. The molecule has 1 fully saturated rings. The molecule has 0 radical (unpaired) electrons. The van der Waals surface area contributed by atoms with Crippen LogP contribution in [-0.2, 0) is 12.7 Å². The maximum Gasteiger partial charge on any atom is 0.417 e. The number of rotatable bonds is 5. The van der Waals surface area contributed by atoms with Gasteiger partial charge < -0.3 is 15.6 Å². The van der Waals surface area contributed by atoms with E-state index in [4.69, 9.17) is 5.73 Å². The van der Waals surface area contributed by atoms with Crippen LogP contribution in [0.1, 0.15) is 28.5 Å². The van der Waals surface area contributed by atoms with Crippen molar-refractivity contribution in [3.63, 3.8) is 0 Å². The molecule has 1 saturated heterocycles. The van der Waals surface area contributed by atoms with Crippen LogP contribution in [0.4, 0.5) is 19.0 Å². The molecule has 164 valence electrons. The number of hydrogen-bond acceptors (Lipinski definition) is 6. The molecule has 3 aromatic rings. The number of alkyl halides is 3. The van der Waals surface area contributed by atoms with E-state index in [0.29, 0.717) is 43.5 Å². The minimum atomic E-state index is -4.40. The van der Waals surface area contributed by atoms with Crippen LogP contribution in [0.3, 0.4) is 0 Å². The predicted octanol–water partition coefficient (Wildman–Crippen LogP) is 2.02. The van der Waals surface area contributed by atoms with Gasteiger partial charge in [0.05, 0.1) is 5.56 Å². The highest BCUT2D eigenvalue weighted by molar-refractivity contribution is 5.91. The van der Waals surface area contributed by atoms with E-state index < -0.39 is 17.6 Å². The van der Waals surface area contributed by atoms with Crippen LogP contribution in [0.25, 0.3) is 11.5 Å². The molecule has 0 saturated carbocycles. The quantitative estimate of drug-likeness (QED) is 0.565. The predicted molar refractivity (Wildman–Crippen MR) is 106 cm³/mol. The number of nitrogens with one attached hydrogen (secondary N) is 2. The number of aromatic amines is 2. The highest BCUT2D eigenvalue weighted by atomic mass is 19.4. The summed E-state index contributed by atoms with van der Waals surface area (Å²) in [6.07, 6.45) is -0.315. The van der Waals surface area contributed by atoms with Crippen LogP contribution in [0.2, 0.25) is 0 Å². The number of piperazine rings is 1. The van der Waals surface area contributed by atoms with Crippen molar-refractivity contribution < 1.29 is 18.0 Å². The van der Waals surface area contributed by atoms with E-state index in [1.807, 2.05) is 11.8 Å². The van der Waals surface area contributed by atoms with Gasteiger partial charge in [-0.05, 0) is 19.1 Å². The fourth-order valence-corrected chi connectivity index (χ4v) is 3.69. The number of anilines is 1. The van der Waals surface area contributed by atoms with Gasteiger partial charge in [-0.25, -0.2) is 9.97 Å². The Kier molecular flexibility index (Phi) is 5.39. The van der Waals surface area contributed by atoms with E-state index in [2.05, 4.69) is 30.0 Å². The SMILES string of the molecule is C[C@@H]1CN(Cc2c[nH]nc2-c2nc(C(N)=O)c[nH]2)CCN1c1ccc(C(F)(F)F)cn1. The summed E-state index contributed by atoms with van der Waals surface area (Å²) in [5, 5.41) is 7.05. The number of aromatic nitrogens is 5. The second kappa shape index (κ2) is 8.02. The lowest BCUT2D eigenvalue weighted by Crippen LogP contribution is -2.51. The maximum absolute atomic E-state index is 12.8. The van der Waals surface area contributed by atoms with E-state index in [-0.39, 0.29) is 11.7 Å². The van der Waals surface area contributed by atoms with Crippen LogP contribution >= 0.6 is 0 Å². The first-order chi connectivity index (χ1) is 14.7. The molecule has 1 atom stereocenters. The van der Waals surface area contributed by atoms with Crippen molar-refractivity contribution in [3.05, 3.63) is 47.5 Å². The van der Waals surface area contributed by atoms with Gasteiger partial charge in [-0.1, -0.05) is 0 Å². The van der Waals surface area contributed by atoms with Gasteiger partial charge >= 0.3 is 6.18 Å². The van der Waals surface area contributed by atoms with E-state index in [1.54, 1.807) is 6.20 Å². The molecular formula is C19H21F3N8O. The first kappa shape index (κ1) is 20.8. The number of hydrogen-bond donors (Lipinski definition) is 3. The number of amides is 1. The number of H-pyrrole nitrogens is 2. The van der Waals surface area contributed by atoms with Crippen molar-refractivity contribution in [2.45, 2.75) is 25.7 Å². The normalized spacial score (nSPS) is 17.8. The molecule has 12 heteroatoms. The molecule has 9 nitrogen and oxygen atoms in total. The number of primary amides is 1. The number of pyridine rings is 1. The highest BCUT2D eigenvalue weighted by Crippen LogP contribution is 2.30. The van der Waals surface area contributed by atoms with Crippen molar-refractivity contribution in [2.75, 3.05) is 24.5 Å². The Labute approximate surface area is 175 Å². The lowest BCUT2D eigenvalue weighted by molar-refractivity contribution is -0.137. The van der Waals surface area contributed by atoms with Gasteiger partial charge in [-0.2, -0.15) is 18.3 Å². The monoisotopic (exact) mass is 434 g/mol. The van der Waals surface area contributed by atoms with E-state index in [9.17, 15) is 18.0 Å². The van der Waals surface area contributed by atoms with Gasteiger partial charge in [0.25, 0.3) is 5.91 Å². The van der Waals surface area contributed by atoms with Crippen molar-refractivity contribution in [1.29, 1.82) is 0 Å². The fourth-order valence-electron chi connectivity index (χ4n) is 3.69. The molecule has 0 unspecified atom stereocenters. The molecule has 31 heavy (non-hydrogen) atoms. The number of nitrogens with two attached hydrogens (primary N) is 1. The van der Waals surface area contributed by atoms with Crippen molar-refractivity contribution in [2.24, 2.45) is 5.73 Å². The van der Waals surface area contributed by atoms with E-state index in [1.165, 1.54) is 12.3 Å². The second-order valence-electron chi connectivity index (χ2n) is 7.44. The van der Waals surface area contributed by atoms with Crippen molar-refractivity contribution in [1.82, 2.24) is 30.0 Å². The lowest BCUT2D eigenvalue weighted by atomic mass is 10.1. The number of halogens is 3. The minimum absolute atomic E-state index is 0.0541. The van der Waals surface area contributed by atoms with Crippen LogP contribution in [0, 0.1) is 0 Å². The molecule has 0 aromatic carbocycles. The van der Waals surface area contributed by atoms with Gasteiger partial charge in [0.2, 0.25) is 0 Å². The largest absolute Gasteiger partial charge is 0.417 e. The van der Waals surface area contributed by atoms with Gasteiger partial charge in [0.1, 0.15) is 17.2 Å². The first-order valence-electron chi connectivity index (χ1n) is 9.63. The Balaban J connectivity index is 1.42. The average Bonchev–Trinajstić information content (AvgIpc) is 3.37. The Morgan fingerprint density at radius 1 is 1.29 bits per heavy atom. The number of nitrogens with zero attached hydrogens (tertiary/aromatic N) is 5. The average molecular weight is 434 g/mol. The molecule has 0 spiro atoms. The Morgan fingerprint density at radius 2 is 2.10 bits per heavy atom. The summed E-state index contributed by atoms with van der Waals surface area (Å²) in [7, 11) is 0. The van der Waals surface area contributed by atoms with Gasteiger partial charge in [-0.3, -0.25) is 14.8 Å². The molecule has 3 aromatic heterocycles. The standard InChI is InChI=1S/C19H21F3N8O/c1-11-9-29(4-5-30(11)15-3-2-13(7-24-15)19(20,21)22)10-12-6-26-28-16(12)18-25-8-14(27-18)17(23)31/h2-3,6-8,11H,4-5,9-10H2,1H3,(H2,23,31)(H,25,27)(H,26,28)/t11-/m1/s1. The Hall–Kier alpha value is -3.41. The van der Waals surface area contributed by atoms with E-state index >= 15 is 0 Å². The zero-order chi connectivity index (χ0) is 22.2. The topological polar surface area (TPSA) is 120 Å². The number of carbonyl (C=O) groups excluding carboxylic acids is 1. The van der Waals surface area contributed by atoms with Crippen molar-refractivity contribution >= 4 is 11.7 Å². The third-order valence-corrected chi connectivity index (χ3v) is 5.25.